The molecule has 0 spiro atoms. The Morgan fingerprint density at radius 1 is 1.56 bits per heavy atom. The number of benzene rings is 1. The van der Waals surface area contributed by atoms with Crippen LogP contribution in [-0.4, -0.2) is 32.1 Å². The van der Waals surface area contributed by atoms with E-state index in [1.807, 2.05) is 11.9 Å². The Morgan fingerprint density at radius 2 is 2.33 bits per heavy atom. The van der Waals surface area contributed by atoms with Gasteiger partial charge in [0.1, 0.15) is 5.82 Å². The summed E-state index contributed by atoms with van der Waals surface area (Å²) in [7, 11) is 1.86. The van der Waals surface area contributed by atoms with Crippen molar-refractivity contribution in [3.63, 3.8) is 0 Å². The van der Waals surface area contributed by atoms with Crippen molar-refractivity contribution in [1.82, 2.24) is 0 Å². The lowest BCUT2D eigenvalue weighted by Crippen LogP contribution is -2.29. The first-order chi connectivity index (χ1) is 8.59. The van der Waals surface area contributed by atoms with Crippen molar-refractivity contribution < 1.29 is 13.9 Å². The van der Waals surface area contributed by atoms with Crippen molar-refractivity contribution in [2.24, 2.45) is 0 Å². The van der Waals surface area contributed by atoms with Crippen molar-refractivity contribution in [3.05, 3.63) is 29.6 Å². The largest absolute Gasteiger partial charge is 0.376 e. The van der Waals surface area contributed by atoms with Crippen molar-refractivity contribution in [1.29, 1.82) is 0 Å². The molecular weight excluding hydrogens is 233 g/mol. The van der Waals surface area contributed by atoms with E-state index in [0.717, 1.165) is 19.4 Å². The molecule has 1 atom stereocenters. The smallest absolute Gasteiger partial charge is 0.164 e. The highest BCUT2D eigenvalue weighted by atomic mass is 19.1. The maximum absolute atomic E-state index is 13.7. The Kier molecular flexibility index (Phi) is 3.97. The zero-order valence-electron chi connectivity index (χ0n) is 10.8. The fraction of sp³-hybridized carbons (Fsp3) is 0.500. The third kappa shape index (κ3) is 2.70. The molecule has 18 heavy (non-hydrogen) atoms. The summed E-state index contributed by atoms with van der Waals surface area (Å²) in [5.74, 6) is -0.707. The van der Waals surface area contributed by atoms with Gasteiger partial charge in [-0.3, -0.25) is 4.79 Å². The lowest BCUT2D eigenvalue weighted by atomic mass is 10.1. The first-order valence-electron chi connectivity index (χ1n) is 6.22. The highest BCUT2D eigenvalue weighted by Gasteiger charge is 2.21. The number of nitrogens with zero attached hydrogens (tertiary/aromatic N) is 1. The number of carbonyl (C=O) groups is 1. The predicted octanol–water partition coefficient (Wildman–Crippen LogP) is 2.64. The van der Waals surface area contributed by atoms with Crippen LogP contribution in [0.25, 0.3) is 0 Å². The number of rotatable bonds is 4. The minimum absolute atomic E-state index is 0.165. The molecular formula is C14H18FNO2. The monoisotopic (exact) mass is 251 g/mol. The van der Waals surface area contributed by atoms with Crippen LogP contribution in [0, 0.1) is 5.82 Å². The molecule has 4 heteroatoms. The summed E-state index contributed by atoms with van der Waals surface area (Å²) in [6, 6.07) is 4.72. The average Bonchev–Trinajstić information content (AvgIpc) is 2.80. The van der Waals surface area contributed by atoms with E-state index >= 15 is 0 Å². The van der Waals surface area contributed by atoms with Gasteiger partial charge in [-0.15, -0.1) is 0 Å². The highest BCUT2D eigenvalue weighted by molar-refractivity contribution is 6.00. The second-order valence-corrected chi connectivity index (χ2v) is 4.71. The van der Waals surface area contributed by atoms with Crippen LogP contribution in [-0.2, 0) is 4.74 Å². The minimum atomic E-state index is -0.459. The zero-order valence-corrected chi connectivity index (χ0v) is 10.8. The Morgan fingerprint density at radius 3 is 2.94 bits per heavy atom. The molecule has 0 amide bonds. The Balaban J connectivity index is 2.20. The van der Waals surface area contributed by atoms with Crippen LogP contribution in [0.4, 0.5) is 10.1 Å². The number of hydrogen-bond acceptors (Lipinski definition) is 3. The summed E-state index contributed by atoms with van der Waals surface area (Å²) < 4.78 is 19.3. The van der Waals surface area contributed by atoms with Gasteiger partial charge in [0.25, 0.3) is 0 Å². The Hall–Kier alpha value is -1.42. The van der Waals surface area contributed by atoms with Crippen LogP contribution < -0.4 is 4.90 Å². The zero-order chi connectivity index (χ0) is 13.1. The predicted molar refractivity (Wildman–Crippen MR) is 68.6 cm³/mol. The maximum atomic E-state index is 13.7. The van der Waals surface area contributed by atoms with E-state index in [-0.39, 0.29) is 17.5 Å². The number of likely N-dealkylation sites (N-methyl/N-ethyl adjacent to an activating group) is 1. The quantitative estimate of drug-likeness (QED) is 0.770. The molecule has 1 heterocycles. The van der Waals surface area contributed by atoms with Crippen LogP contribution in [0.1, 0.15) is 30.1 Å². The number of anilines is 1. The molecule has 0 aliphatic carbocycles. The summed E-state index contributed by atoms with van der Waals surface area (Å²) in [6.45, 7) is 2.87. The molecule has 0 bridgehead atoms. The van der Waals surface area contributed by atoms with Crippen molar-refractivity contribution in [2.75, 3.05) is 25.1 Å². The van der Waals surface area contributed by atoms with Gasteiger partial charge in [0.05, 0.1) is 17.4 Å². The van der Waals surface area contributed by atoms with Gasteiger partial charge in [-0.05, 0) is 31.9 Å². The van der Waals surface area contributed by atoms with Gasteiger partial charge in [-0.2, -0.15) is 0 Å². The van der Waals surface area contributed by atoms with Crippen LogP contribution in [0.15, 0.2) is 18.2 Å². The molecule has 1 aliphatic rings. The molecule has 0 aromatic heterocycles. The third-order valence-electron chi connectivity index (χ3n) is 3.26. The number of ketones is 1. The molecule has 0 radical (unpaired) electrons. The van der Waals surface area contributed by atoms with Crippen LogP contribution >= 0.6 is 0 Å². The molecule has 0 saturated carbocycles. The topological polar surface area (TPSA) is 29.5 Å². The Bertz CT molecular complexity index is 441. The second kappa shape index (κ2) is 5.48. The van der Waals surface area contributed by atoms with Gasteiger partial charge >= 0.3 is 0 Å². The molecule has 1 fully saturated rings. The molecule has 1 aromatic rings. The number of Topliss-reactive ketones (excluding diaryl/α,β-unsaturated/α-hetero) is 1. The minimum Gasteiger partial charge on any atom is -0.376 e. The second-order valence-electron chi connectivity index (χ2n) is 4.71. The number of ether oxygens (including phenoxy) is 1. The molecule has 0 N–H and O–H groups in total. The normalized spacial score (nSPS) is 18.9. The number of hydrogen-bond donors (Lipinski definition) is 0. The maximum Gasteiger partial charge on any atom is 0.164 e. The molecule has 3 nitrogen and oxygen atoms in total. The average molecular weight is 251 g/mol. The SMILES string of the molecule is CC(=O)c1c(F)cccc1N(C)CC1CCCO1. The lowest BCUT2D eigenvalue weighted by Gasteiger charge is -2.24. The van der Waals surface area contributed by atoms with Crippen LogP contribution in [0.5, 0.6) is 0 Å². The Labute approximate surface area is 107 Å². The molecule has 98 valence electrons. The molecule has 1 saturated heterocycles. The fourth-order valence-corrected chi connectivity index (χ4v) is 2.37. The van der Waals surface area contributed by atoms with E-state index in [0.29, 0.717) is 12.2 Å². The van der Waals surface area contributed by atoms with Gasteiger partial charge < -0.3 is 9.64 Å². The number of carbonyl (C=O) groups excluding carboxylic acids is 1. The first kappa shape index (κ1) is 13.0. The van der Waals surface area contributed by atoms with Crippen LogP contribution in [0.2, 0.25) is 0 Å². The van der Waals surface area contributed by atoms with Gasteiger partial charge in [0.15, 0.2) is 5.78 Å². The summed E-state index contributed by atoms with van der Waals surface area (Å²) in [6.07, 6.45) is 2.27. The van der Waals surface area contributed by atoms with E-state index in [9.17, 15) is 9.18 Å². The van der Waals surface area contributed by atoms with E-state index in [1.54, 1.807) is 12.1 Å². The van der Waals surface area contributed by atoms with Gasteiger partial charge in [0.2, 0.25) is 0 Å². The third-order valence-corrected chi connectivity index (χ3v) is 3.26. The lowest BCUT2D eigenvalue weighted by molar-refractivity contribution is 0.101. The summed E-state index contributed by atoms with van der Waals surface area (Å²) in [4.78, 5) is 13.4. The van der Waals surface area contributed by atoms with E-state index in [4.69, 9.17) is 4.74 Å². The van der Waals surface area contributed by atoms with Gasteiger partial charge in [0, 0.05) is 20.2 Å². The van der Waals surface area contributed by atoms with Gasteiger partial charge in [-0.25, -0.2) is 4.39 Å². The standard InChI is InChI=1S/C14H18FNO2/c1-10(17)14-12(15)6-3-7-13(14)16(2)9-11-5-4-8-18-11/h3,6-7,11H,4-5,8-9H2,1-2H3. The van der Waals surface area contributed by atoms with Crippen molar-refractivity contribution in [2.45, 2.75) is 25.9 Å². The summed E-state index contributed by atoms with van der Waals surface area (Å²) in [5.41, 5.74) is 0.802. The molecule has 2 rings (SSSR count). The van der Waals surface area contributed by atoms with Crippen molar-refractivity contribution >= 4 is 11.5 Å². The van der Waals surface area contributed by atoms with Gasteiger partial charge in [-0.1, -0.05) is 6.07 Å². The first-order valence-corrected chi connectivity index (χ1v) is 6.22. The van der Waals surface area contributed by atoms with E-state index < -0.39 is 5.82 Å². The molecule has 1 aromatic carbocycles. The summed E-state index contributed by atoms with van der Waals surface area (Å²) >= 11 is 0. The molecule has 1 aliphatic heterocycles. The molecule has 1 unspecified atom stereocenters. The number of halogens is 1. The van der Waals surface area contributed by atoms with E-state index in [1.165, 1.54) is 13.0 Å². The van der Waals surface area contributed by atoms with E-state index in [2.05, 4.69) is 0 Å². The fourth-order valence-electron chi connectivity index (χ4n) is 2.37. The summed E-state index contributed by atoms with van der Waals surface area (Å²) in [5, 5.41) is 0. The van der Waals surface area contributed by atoms with Crippen molar-refractivity contribution in [3.8, 4) is 0 Å². The highest BCUT2D eigenvalue weighted by Crippen LogP contribution is 2.24. The van der Waals surface area contributed by atoms with Crippen LogP contribution in [0.3, 0.4) is 0 Å².